The molecule has 88 valence electrons. The van der Waals surface area contributed by atoms with Crippen LogP contribution in [0, 0.1) is 0 Å². The minimum absolute atomic E-state index is 0.674. The lowest BCUT2D eigenvalue weighted by Gasteiger charge is -2.27. The van der Waals surface area contributed by atoms with Crippen molar-refractivity contribution in [1.82, 2.24) is 15.2 Å². The molecule has 2 rings (SSSR count). The highest BCUT2D eigenvalue weighted by Crippen LogP contribution is 2.09. The van der Waals surface area contributed by atoms with Gasteiger partial charge in [-0.05, 0) is 12.1 Å². The summed E-state index contributed by atoms with van der Waals surface area (Å²) in [6.45, 7) is 6.45. The Balaban J connectivity index is 1.69. The third-order valence-electron chi connectivity index (χ3n) is 2.67. The Bertz CT molecular complexity index is 308. The number of hydrogen-bond donors (Lipinski definition) is 2. The number of nitrogens with zero attached hydrogens (tertiary/aromatic N) is 2. The number of piperazine rings is 1. The highest BCUT2D eigenvalue weighted by atomic mass is 35.5. The van der Waals surface area contributed by atoms with Crippen LogP contribution in [0.4, 0.5) is 5.82 Å². The van der Waals surface area contributed by atoms with Gasteiger partial charge in [-0.2, -0.15) is 0 Å². The summed E-state index contributed by atoms with van der Waals surface area (Å²) in [5, 5.41) is 7.30. The second-order valence-electron chi connectivity index (χ2n) is 3.88. The molecule has 0 saturated carbocycles. The first kappa shape index (κ1) is 11.6. The van der Waals surface area contributed by atoms with Crippen LogP contribution >= 0.6 is 11.6 Å². The Morgan fingerprint density at radius 3 is 2.88 bits per heavy atom. The topological polar surface area (TPSA) is 40.2 Å². The van der Waals surface area contributed by atoms with E-state index in [1.807, 2.05) is 12.1 Å². The number of hydrogen-bond acceptors (Lipinski definition) is 4. The first-order valence-corrected chi connectivity index (χ1v) is 6.01. The van der Waals surface area contributed by atoms with Crippen LogP contribution in [0.15, 0.2) is 18.3 Å². The molecule has 0 spiro atoms. The monoisotopic (exact) mass is 240 g/mol. The van der Waals surface area contributed by atoms with Gasteiger partial charge in [-0.15, -0.1) is 0 Å². The van der Waals surface area contributed by atoms with Crippen molar-refractivity contribution < 1.29 is 0 Å². The summed E-state index contributed by atoms with van der Waals surface area (Å²) < 4.78 is 0. The quantitative estimate of drug-likeness (QED) is 0.826. The largest absolute Gasteiger partial charge is 0.369 e. The van der Waals surface area contributed by atoms with Crippen molar-refractivity contribution in [3.63, 3.8) is 0 Å². The number of aromatic nitrogens is 1. The molecule has 0 aromatic carbocycles. The molecular formula is C11H17ClN4. The fourth-order valence-corrected chi connectivity index (χ4v) is 1.87. The fraction of sp³-hybridized carbons (Fsp3) is 0.545. The van der Waals surface area contributed by atoms with Gasteiger partial charge in [0.2, 0.25) is 0 Å². The molecule has 2 N–H and O–H groups in total. The van der Waals surface area contributed by atoms with E-state index in [4.69, 9.17) is 11.6 Å². The van der Waals surface area contributed by atoms with Gasteiger partial charge in [-0.1, -0.05) is 11.6 Å². The van der Waals surface area contributed by atoms with Gasteiger partial charge in [0.05, 0.1) is 5.02 Å². The maximum atomic E-state index is 5.76. The standard InChI is InChI=1S/C11H17ClN4/c12-10-1-2-11(15-9-10)14-5-8-16-6-3-13-4-7-16/h1-2,9,13H,3-8H2,(H,14,15). The van der Waals surface area contributed by atoms with Crippen LogP contribution in [0.2, 0.25) is 5.02 Å². The van der Waals surface area contributed by atoms with E-state index in [9.17, 15) is 0 Å². The highest BCUT2D eigenvalue weighted by molar-refractivity contribution is 6.30. The first-order valence-electron chi connectivity index (χ1n) is 5.63. The lowest BCUT2D eigenvalue weighted by atomic mass is 10.3. The predicted molar refractivity (Wildman–Crippen MR) is 67.0 cm³/mol. The van der Waals surface area contributed by atoms with Crippen LogP contribution < -0.4 is 10.6 Å². The van der Waals surface area contributed by atoms with Crippen molar-refractivity contribution in [2.24, 2.45) is 0 Å². The van der Waals surface area contributed by atoms with Crippen LogP contribution in [-0.4, -0.2) is 49.2 Å². The number of anilines is 1. The van der Waals surface area contributed by atoms with Gasteiger partial charge in [-0.3, -0.25) is 4.90 Å². The minimum Gasteiger partial charge on any atom is -0.369 e. The molecule has 1 aliphatic rings. The summed E-state index contributed by atoms with van der Waals surface area (Å²) in [7, 11) is 0. The Hall–Kier alpha value is -0.840. The molecule has 0 aliphatic carbocycles. The van der Waals surface area contributed by atoms with Gasteiger partial charge < -0.3 is 10.6 Å². The molecule has 1 aromatic rings. The van der Waals surface area contributed by atoms with E-state index in [1.54, 1.807) is 6.20 Å². The Kier molecular flexibility index (Phi) is 4.39. The lowest BCUT2D eigenvalue weighted by molar-refractivity contribution is 0.249. The van der Waals surface area contributed by atoms with Crippen LogP contribution in [0.3, 0.4) is 0 Å². The number of pyridine rings is 1. The number of rotatable bonds is 4. The van der Waals surface area contributed by atoms with Crippen LogP contribution in [0.1, 0.15) is 0 Å². The van der Waals surface area contributed by atoms with E-state index in [0.717, 1.165) is 45.1 Å². The number of halogens is 1. The van der Waals surface area contributed by atoms with Crippen molar-refractivity contribution in [2.45, 2.75) is 0 Å². The zero-order chi connectivity index (χ0) is 11.2. The lowest BCUT2D eigenvalue weighted by Crippen LogP contribution is -2.45. The predicted octanol–water partition coefficient (Wildman–Crippen LogP) is 1.05. The van der Waals surface area contributed by atoms with Gasteiger partial charge in [0.15, 0.2) is 0 Å². The van der Waals surface area contributed by atoms with Gasteiger partial charge in [0.25, 0.3) is 0 Å². The first-order chi connectivity index (χ1) is 7.84. The minimum atomic E-state index is 0.674. The van der Waals surface area contributed by atoms with Gasteiger partial charge in [0, 0.05) is 45.5 Å². The smallest absolute Gasteiger partial charge is 0.126 e. The van der Waals surface area contributed by atoms with Crippen LogP contribution in [0.5, 0.6) is 0 Å². The van der Waals surface area contributed by atoms with Gasteiger partial charge >= 0.3 is 0 Å². The van der Waals surface area contributed by atoms with Gasteiger partial charge in [0.1, 0.15) is 5.82 Å². The Morgan fingerprint density at radius 1 is 1.38 bits per heavy atom. The summed E-state index contributed by atoms with van der Waals surface area (Å²) in [6.07, 6.45) is 1.66. The molecule has 0 bridgehead atoms. The maximum absolute atomic E-state index is 5.76. The fourth-order valence-electron chi connectivity index (χ4n) is 1.76. The summed E-state index contributed by atoms with van der Waals surface area (Å²) in [6, 6.07) is 3.75. The molecular weight excluding hydrogens is 224 g/mol. The third-order valence-corrected chi connectivity index (χ3v) is 2.89. The van der Waals surface area contributed by atoms with Crippen molar-refractivity contribution in [1.29, 1.82) is 0 Å². The summed E-state index contributed by atoms with van der Waals surface area (Å²) in [5.41, 5.74) is 0. The average Bonchev–Trinajstić information content (AvgIpc) is 2.33. The van der Waals surface area contributed by atoms with Gasteiger partial charge in [-0.25, -0.2) is 4.98 Å². The molecule has 1 fully saturated rings. The normalized spacial score (nSPS) is 17.3. The van der Waals surface area contributed by atoms with Crippen molar-refractivity contribution in [3.8, 4) is 0 Å². The maximum Gasteiger partial charge on any atom is 0.126 e. The molecule has 1 aliphatic heterocycles. The van der Waals surface area contributed by atoms with Crippen molar-refractivity contribution in [2.75, 3.05) is 44.6 Å². The molecule has 0 radical (unpaired) electrons. The molecule has 4 nitrogen and oxygen atoms in total. The summed E-state index contributed by atoms with van der Waals surface area (Å²) in [4.78, 5) is 6.63. The molecule has 0 amide bonds. The summed E-state index contributed by atoms with van der Waals surface area (Å²) in [5.74, 6) is 0.888. The molecule has 1 aromatic heterocycles. The average molecular weight is 241 g/mol. The van der Waals surface area contributed by atoms with E-state index in [-0.39, 0.29) is 0 Å². The van der Waals surface area contributed by atoms with E-state index in [1.165, 1.54) is 0 Å². The zero-order valence-electron chi connectivity index (χ0n) is 9.25. The SMILES string of the molecule is Clc1ccc(NCCN2CCNCC2)nc1. The molecule has 16 heavy (non-hydrogen) atoms. The molecule has 2 heterocycles. The molecule has 0 atom stereocenters. The van der Waals surface area contributed by atoms with E-state index >= 15 is 0 Å². The van der Waals surface area contributed by atoms with Crippen LogP contribution in [-0.2, 0) is 0 Å². The van der Waals surface area contributed by atoms with E-state index in [0.29, 0.717) is 5.02 Å². The third kappa shape index (κ3) is 3.63. The second kappa shape index (κ2) is 6.03. The second-order valence-corrected chi connectivity index (χ2v) is 4.32. The van der Waals surface area contributed by atoms with E-state index < -0.39 is 0 Å². The highest BCUT2D eigenvalue weighted by Gasteiger charge is 2.08. The van der Waals surface area contributed by atoms with Crippen molar-refractivity contribution in [3.05, 3.63) is 23.4 Å². The number of nitrogens with one attached hydrogen (secondary N) is 2. The Morgan fingerprint density at radius 2 is 2.19 bits per heavy atom. The van der Waals surface area contributed by atoms with Crippen LogP contribution in [0.25, 0.3) is 0 Å². The van der Waals surface area contributed by atoms with E-state index in [2.05, 4.69) is 20.5 Å². The molecule has 1 saturated heterocycles. The zero-order valence-corrected chi connectivity index (χ0v) is 10.0. The molecule has 0 unspecified atom stereocenters. The summed E-state index contributed by atoms with van der Waals surface area (Å²) >= 11 is 5.76. The molecule has 5 heteroatoms. The van der Waals surface area contributed by atoms with Crippen molar-refractivity contribution >= 4 is 17.4 Å². The Labute approximate surface area is 101 Å².